The summed E-state index contributed by atoms with van der Waals surface area (Å²) < 4.78 is 14.9. The molecule has 1 aliphatic rings. The van der Waals surface area contributed by atoms with E-state index in [1.165, 1.54) is 25.1 Å². The highest BCUT2D eigenvalue weighted by Gasteiger charge is 2.50. The first-order chi connectivity index (χ1) is 12.9. The van der Waals surface area contributed by atoms with E-state index < -0.39 is 22.9 Å². The number of rotatable bonds is 2. The van der Waals surface area contributed by atoms with Crippen LogP contribution in [0.3, 0.4) is 0 Å². The van der Waals surface area contributed by atoms with Gasteiger partial charge in [0.2, 0.25) is 5.91 Å². The van der Waals surface area contributed by atoms with E-state index in [1.807, 2.05) is 31.2 Å². The van der Waals surface area contributed by atoms with Crippen molar-refractivity contribution in [3.8, 4) is 11.1 Å². The summed E-state index contributed by atoms with van der Waals surface area (Å²) in [6, 6.07) is 13.4. The van der Waals surface area contributed by atoms with Crippen LogP contribution in [0.25, 0.3) is 11.1 Å². The topological polar surface area (TPSA) is 46.2 Å². The molecule has 2 heterocycles. The maximum absolute atomic E-state index is 14.5. The molecule has 0 saturated heterocycles. The second kappa shape index (κ2) is 6.29. The zero-order valence-electron chi connectivity index (χ0n) is 14.6. The van der Waals surface area contributed by atoms with Gasteiger partial charge in [-0.1, -0.05) is 54.1 Å². The Labute approximate surface area is 164 Å². The van der Waals surface area contributed by atoms with Crippen LogP contribution < -0.4 is 5.32 Å². The van der Waals surface area contributed by atoms with Gasteiger partial charge < -0.3 is 5.32 Å². The lowest BCUT2D eigenvalue weighted by Crippen LogP contribution is -2.48. The van der Waals surface area contributed by atoms with Gasteiger partial charge in [0, 0.05) is 11.1 Å². The first-order valence-electron chi connectivity index (χ1n) is 8.35. The van der Waals surface area contributed by atoms with E-state index in [2.05, 4.69) is 5.32 Å². The highest BCUT2D eigenvalue weighted by atomic mass is 35.5. The highest BCUT2D eigenvalue weighted by molar-refractivity contribution is 7.21. The molecule has 1 atom stereocenters. The summed E-state index contributed by atoms with van der Waals surface area (Å²) >= 11 is 7.61. The summed E-state index contributed by atoms with van der Waals surface area (Å²) in [6.07, 6.45) is 0. The number of fused-ring (bicyclic) bond motifs is 1. The van der Waals surface area contributed by atoms with Crippen molar-refractivity contribution in [1.29, 1.82) is 0 Å². The lowest BCUT2D eigenvalue weighted by molar-refractivity contribution is -0.119. The van der Waals surface area contributed by atoms with E-state index >= 15 is 0 Å². The second-order valence-electron chi connectivity index (χ2n) is 6.66. The fourth-order valence-electron chi connectivity index (χ4n) is 3.49. The van der Waals surface area contributed by atoms with E-state index in [0.29, 0.717) is 20.5 Å². The van der Waals surface area contributed by atoms with Gasteiger partial charge in [0.1, 0.15) is 20.6 Å². The third-order valence-corrected chi connectivity index (χ3v) is 6.37. The Hall–Kier alpha value is -2.50. The third kappa shape index (κ3) is 2.53. The SMILES string of the molecule is Cc1ccccc1-c1c(Cl)sc2c1C(=O)C(C)(c1ccccc1F)C(=O)N2. The molecule has 27 heavy (non-hydrogen) atoms. The van der Waals surface area contributed by atoms with Crippen molar-refractivity contribution >= 4 is 39.6 Å². The number of carbonyl (C=O) groups excluding carboxylic acids is 2. The van der Waals surface area contributed by atoms with Crippen LogP contribution in [0.5, 0.6) is 0 Å². The molecule has 1 aromatic heterocycles. The first kappa shape index (κ1) is 17.9. The lowest BCUT2D eigenvalue weighted by Gasteiger charge is -2.32. The fraction of sp³-hybridized carbons (Fsp3) is 0.143. The van der Waals surface area contributed by atoms with Crippen molar-refractivity contribution in [2.75, 3.05) is 5.32 Å². The minimum atomic E-state index is -1.67. The van der Waals surface area contributed by atoms with Gasteiger partial charge in [-0.15, -0.1) is 11.3 Å². The Bertz CT molecular complexity index is 1110. The van der Waals surface area contributed by atoms with Crippen LogP contribution in [0.2, 0.25) is 4.34 Å². The molecule has 1 amide bonds. The molecule has 0 spiro atoms. The lowest BCUT2D eigenvalue weighted by atomic mass is 9.72. The van der Waals surface area contributed by atoms with E-state index in [-0.39, 0.29) is 5.56 Å². The molecule has 2 aromatic carbocycles. The van der Waals surface area contributed by atoms with E-state index in [0.717, 1.165) is 22.5 Å². The van der Waals surface area contributed by atoms with Crippen LogP contribution in [-0.2, 0) is 10.2 Å². The van der Waals surface area contributed by atoms with Crippen LogP contribution in [-0.4, -0.2) is 11.7 Å². The molecule has 4 rings (SSSR count). The molecule has 0 radical (unpaired) electrons. The van der Waals surface area contributed by atoms with Crippen LogP contribution in [0.1, 0.15) is 28.4 Å². The average Bonchev–Trinajstić information content (AvgIpc) is 2.96. The molecule has 6 heteroatoms. The predicted octanol–water partition coefficient (Wildman–Crippen LogP) is 5.61. The van der Waals surface area contributed by atoms with Gasteiger partial charge in [0.25, 0.3) is 0 Å². The van der Waals surface area contributed by atoms with Crippen LogP contribution in [0, 0.1) is 12.7 Å². The molecule has 1 aliphatic heterocycles. The summed E-state index contributed by atoms with van der Waals surface area (Å²) in [5, 5.41) is 3.17. The number of Topliss-reactive ketones (excluding diaryl/α,β-unsaturated/α-hetero) is 1. The van der Waals surface area contributed by atoms with Crippen molar-refractivity contribution in [1.82, 2.24) is 0 Å². The highest BCUT2D eigenvalue weighted by Crippen LogP contribution is 2.50. The van der Waals surface area contributed by atoms with Crippen molar-refractivity contribution in [2.45, 2.75) is 19.3 Å². The zero-order chi connectivity index (χ0) is 19.3. The van der Waals surface area contributed by atoms with Crippen molar-refractivity contribution in [3.05, 3.63) is 75.4 Å². The Morgan fingerprint density at radius 2 is 1.70 bits per heavy atom. The maximum atomic E-state index is 14.5. The number of hydrogen-bond donors (Lipinski definition) is 1. The predicted molar refractivity (Wildman–Crippen MR) is 106 cm³/mol. The molecule has 0 saturated carbocycles. The minimum absolute atomic E-state index is 0.0520. The Morgan fingerprint density at radius 1 is 1.04 bits per heavy atom. The number of benzene rings is 2. The summed E-state index contributed by atoms with van der Waals surface area (Å²) in [6.45, 7) is 3.39. The van der Waals surface area contributed by atoms with Crippen LogP contribution >= 0.6 is 22.9 Å². The molecule has 1 N–H and O–H groups in total. The summed E-state index contributed by atoms with van der Waals surface area (Å²) in [5.41, 5.74) is 1.08. The van der Waals surface area contributed by atoms with Crippen LogP contribution in [0.4, 0.5) is 9.39 Å². The smallest absolute Gasteiger partial charge is 0.243 e. The fourth-order valence-corrected chi connectivity index (χ4v) is 4.86. The van der Waals surface area contributed by atoms with Gasteiger partial charge >= 0.3 is 0 Å². The molecular weight excluding hydrogens is 385 g/mol. The van der Waals surface area contributed by atoms with E-state index in [1.54, 1.807) is 6.07 Å². The molecule has 136 valence electrons. The van der Waals surface area contributed by atoms with Crippen molar-refractivity contribution in [3.63, 3.8) is 0 Å². The Morgan fingerprint density at radius 3 is 2.41 bits per heavy atom. The van der Waals surface area contributed by atoms with Gasteiger partial charge in [-0.05, 0) is 31.0 Å². The molecule has 0 aliphatic carbocycles. The van der Waals surface area contributed by atoms with Crippen LogP contribution in [0.15, 0.2) is 48.5 Å². The first-order valence-corrected chi connectivity index (χ1v) is 9.54. The number of hydrogen-bond acceptors (Lipinski definition) is 3. The second-order valence-corrected chi connectivity index (χ2v) is 8.28. The molecule has 1 unspecified atom stereocenters. The minimum Gasteiger partial charge on any atom is -0.316 e. The Kier molecular flexibility index (Phi) is 4.17. The number of carbonyl (C=O) groups is 2. The van der Waals surface area contributed by atoms with Crippen molar-refractivity contribution in [2.24, 2.45) is 0 Å². The van der Waals surface area contributed by atoms with Gasteiger partial charge in [0.05, 0.1) is 5.56 Å². The normalized spacial score (nSPS) is 19.0. The van der Waals surface area contributed by atoms with Gasteiger partial charge in [-0.3, -0.25) is 9.59 Å². The average molecular weight is 400 g/mol. The summed E-state index contributed by atoms with van der Waals surface area (Å²) in [4.78, 5) is 26.4. The Balaban J connectivity index is 1.98. The number of thiophene rings is 1. The monoisotopic (exact) mass is 399 g/mol. The van der Waals surface area contributed by atoms with Crippen molar-refractivity contribution < 1.29 is 14.0 Å². The molecular formula is C21H15ClFNO2S. The standard InChI is InChI=1S/C21H15ClFNO2S/c1-11-7-3-4-8-12(11)15-16-17(25)21(2,13-9-5-6-10-14(13)23)20(26)24-19(16)27-18(15)22/h3-10H,1-2H3,(H,24,26). The number of anilines is 1. The zero-order valence-corrected chi connectivity index (χ0v) is 16.2. The third-order valence-electron chi connectivity index (χ3n) is 5.05. The molecule has 3 nitrogen and oxygen atoms in total. The molecule has 0 bridgehead atoms. The van der Waals surface area contributed by atoms with E-state index in [4.69, 9.17) is 11.6 Å². The van der Waals surface area contributed by atoms with Gasteiger partial charge in [-0.2, -0.15) is 0 Å². The number of aryl methyl sites for hydroxylation is 1. The largest absolute Gasteiger partial charge is 0.316 e. The molecule has 3 aromatic rings. The number of ketones is 1. The number of amides is 1. The number of halogens is 2. The van der Waals surface area contributed by atoms with Gasteiger partial charge in [0.15, 0.2) is 5.78 Å². The maximum Gasteiger partial charge on any atom is 0.243 e. The summed E-state index contributed by atoms with van der Waals surface area (Å²) in [5.74, 6) is -1.60. The van der Waals surface area contributed by atoms with Gasteiger partial charge in [-0.25, -0.2) is 4.39 Å². The molecule has 0 fully saturated rings. The van der Waals surface area contributed by atoms with E-state index in [9.17, 15) is 14.0 Å². The number of nitrogens with one attached hydrogen (secondary N) is 1. The summed E-state index contributed by atoms with van der Waals surface area (Å²) in [7, 11) is 0. The quantitative estimate of drug-likeness (QED) is 0.569.